The molecule has 0 amide bonds. The van der Waals surface area contributed by atoms with E-state index < -0.39 is 0 Å². The minimum atomic E-state index is 0. The van der Waals surface area contributed by atoms with Gasteiger partial charge in [0.2, 0.25) is 0 Å². The van der Waals surface area contributed by atoms with Crippen molar-refractivity contribution in [3.63, 3.8) is 0 Å². The van der Waals surface area contributed by atoms with E-state index in [1.807, 2.05) is 6.92 Å². The van der Waals surface area contributed by atoms with Crippen molar-refractivity contribution < 1.29 is 6.22 Å². The molecular formula is C6H15NO. The average molecular weight is 117 g/mol. The van der Waals surface area contributed by atoms with Crippen LogP contribution in [0.15, 0.2) is 0 Å². The first-order valence-electron chi connectivity index (χ1n) is 2.97. The van der Waals surface area contributed by atoms with E-state index in [0.29, 0.717) is 6.42 Å². The molecule has 0 heterocycles. The third-order valence-electron chi connectivity index (χ3n) is 0.904. The first-order valence-corrected chi connectivity index (χ1v) is 2.97. The Bertz CT molecular complexity index is 75.5. The topological polar surface area (TPSA) is 29.1 Å². The predicted molar refractivity (Wildman–Crippen MR) is 36.0 cm³/mol. The molecule has 0 aromatic rings. The molecule has 50 valence electrons. The van der Waals surface area contributed by atoms with Crippen molar-refractivity contribution in [3.05, 3.63) is 0 Å². The highest BCUT2D eigenvalue weighted by molar-refractivity contribution is 5.75. The van der Waals surface area contributed by atoms with Crippen LogP contribution >= 0.6 is 0 Å². The van der Waals surface area contributed by atoms with Crippen LogP contribution in [0.4, 0.5) is 0 Å². The third-order valence-corrected chi connectivity index (χ3v) is 0.904. The van der Waals surface area contributed by atoms with Crippen LogP contribution in [0.1, 0.15) is 21.7 Å². The molecule has 0 radical (unpaired) electrons. The Kier molecular flexibility index (Phi) is 4.56. The molecule has 8 heavy (non-hydrogen) atoms. The second-order valence-electron chi connectivity index (χ2n) is 1.81. The fraction of sp³-hybridized carbons (Fsp3) is 0.833. The Balaban J connectivity index is 0. The maximum atomic E-state index is 10.3. The van der Waals surface area contributed by atoms with E-state index in [9.17, 15) is 4.79 Å². The number of carbonyl (C=O) groups is 1. The number of Topliss-reactive ketones (excluding diaryl/α,β-unsaturated/α-hetero) is 1. The van der Waals surface area contributed by atoms with Gasteiger partial charge in [-0.15, -0.1) is 0 Å². The van der Waals surface area contributed by atoms with E-state index in [2.05, 4.69) is 5.32 Å². The Morgan fingerprint density at radius 3 is 2.75 bits per heavy atom. The van der Waals surface area contributed by atoms with Gasteiger partial charge in [-0.1, -0.05) is 6.92 Å². The quantitative estimate of drug-likeness (QED) is 0.552. The van der Waals surface area contributed by atoms with Crippen molar-refractivity contribution in [1.82, 2.24) is 5.32 Å². The standard InChI is InChI=1S/C6H13NO.H2/c1-3-7-5-4-6(2)8;/h7H,3-5H2,1-2H3;1H. The molecule has 0 aliphatic carbocycles. The summed E-state index contributed by atoms with van der Waals surface area (Å²) in [6, 6.07) is 0. The molecule has 0 saturated carbocycles. The first kappa shape index (κ1) is 7.63. The monoisotopic (exact) mass is 117 g/mol. The maximum Gasteiger partial charge on any atom is 0.131 e. The molecule has 0 fully saturated rings. The Morgan fingerprint density at radius 1 is 1.75 bits per heavy atom. The van der Waals surface area contributed by atoms with Crippen LogP contribution in [-0.4, -0.2) is 18.9 Å². The van der Waals surface area contributed by atoms with Gasteiger partial charge in [0.15, 0.2) is 0 Å². The third kappa shape index (κ3) is 5.63. The Labute approximate surface area is 51.8 Å². The van der Waals surface area contributed by atoms with Crippen LogP contribution in [0.25, 0.3) is 0 Å². The zero-order valence-corrected chi connectivity index (χ0v) is 5.53. The molecule has 1 N–H and O–H groups in total. The second-order valence-corrected chi connectivity index (χ2v) is 1.81. The SMILES string of the molecule is CCNCCC(C)=O.[HH]. The molecule has 0 aromatic carbocycles. The molecule has 0 rings (SSSR count). The number of ketones is 1. The molecule has 0 aromatic heterocycles. The summed E-state index contributed by atoms with van der Waals surface area (Å²) in [5, 5.41) is 3.06. The van der Waals surface area contributed by atoms with Crippen molar-refractivity contribution in [2.24, 2.45) is 0 Å². The van der Waals surface area contributed by atoms with Crippen LogP contribution in [0, 0.1) is 0 Å². The summed E-state index contributed by atoms with van der Waals surface area (Å²) < 4.78 is 0. The van der Waals surface area contributed by atoms with Gasteiger partial charge in [0.05, 0.1) is 0 Å². The minimum absolute atomic E-state index is 0. The number of carbonyl (C=O) groups excluding carboxylic acids is 1. The summed E-state index contributed by atoms with van der Waals surface area (Å²) in [5.74, 6) is 0.256. The van der Waals surface area contributed by atoms with Crippen LogP contribution in [-0.2, 0) is 4.79 Å². The lowest BCUT2D eigenvalue weighted by atomic mass is 10.3. The molecular weight excluding hydrogens is 102 g/mol. The minimum Gasteiger partial charge on any atom is -0.317 e. The lowest BCUT2D eigenvalue weighted by Crippen LogP contribution is -2.16. The number of rotatable bonds is 4. The highest BCUT2D eigenvalue weighted by Gasteiger charge is 1.88. The van der Waals surface area contributed by atoms with E-state index in [1.54, 1.807) is 6.92 Å². The molecule has 2 heteroatoms. The largest absolute Gasteiger partial charge is 0.317 e. The van der Waals surface area contributed by atoms with Gasteiger partial charge in [-0.3, -0.25) is 4.79 Å². The van der Waals surface area contributed by atoms with Gasteiger partial charge in [0, 0.05) is 14.4 Å². The molecule has 0 spiro atoms. The summed E-state index contributed by atoms with van der Waals surface area (Å²) in [6.45, 7) is 5.41. The van der Waals surface area contributed by atoms with Crippen molar-refractivity contribution in [1.29, 1.82) is 0 Å². The predicted octanol–water partition coefficient (Wildman–Crippen LogP) is 0.821. The van der Waals surface area contributed by atoms with Gasteiger partial charge in [0.25, 0.3) is 0 Å². The van der Waals surface area contributed by atoms with Crippen molar-refractivity contribution in [2.75, 3.05) is 13.1 Å². The summed E-state index contributed by atoms with van der Waals surface area (Å²) in [6.07, 6.45) is 0.661. The summed E-state index contributed by atoms with van der Waals surface area (Å²) in [5.41, 5.74) is 0. The highest BCUT2D eigenvalue weighted by Crippen LogP contribution is 1.75. The van der Waals surface area contributed by atoms with E-state index in [0.717, 1.165) is 13.1 Å². The maximum absolute atomic E-state index is 10.3. The van der Waals surface area contributed by atoms with Crippen molar-refractivity contribution >= 4 is 5.78 Å². The fourth-order valence-corrected chi connectivity index (χ4v) is 0.441. The van der Waals surface area contributed by atoms with Gasteiger partial charge in [-0.2, -0.15) is 0 Å². The first-order chi connectivity index (χ1) is 3.77. The van der Waals surface area contributed by atoms with Crippen LogP contribution < -0.4 is 5.32 Å². The summed E-state index contributed by atoms with van der Waals surface area (Å²) >= 11 is 0. The van der Waals surface area contributed by atoms with Gasteiger partial charge >= 0.3 is 0 Å². The Morgan fingerprint density at radius 2 is 2.38 bits per heavy atom. The average Bonchev–Trinajstić information content (AvgIpc) is 1.66. The van der Waals surface area contributed by atoms with Crippen molar-refractivity contribution in [3.8, 4) is 0 Å². The summed E-state index contributed by atoms with van der Waals surface area (Å²) in [4.78, 5) is 10.3. The van der Waals surface area contributed by atoms with E-state index >= 15 is 0 Å². The highest BCUT2D eigenvalue weighted by atomic mass is 16.1. The molecule has 0 atom stereocenters. The van der Waals surface area contributed by atoms with Gasteiger partial charge in [0.1, 0.15) is 5.78 Å². The lowest BCUT2D eigenvalue weighted by Gasteiger charge is -1.94. The van der Waals surface area contributed by atoms with E-state index in [1.165, 1.54) is 0 Å². The van der Waals surface area contributed by atoms with Gasteiger partial charge in [-0.25, -0.2) is 0 Å². The molecule has 0 saturated heterocycles. The molecule has 0 aliphatic heterocycles. The van der Waals surface area contributed by atoms with Crippen LogP contribution in [0.3, 0.4) is 0 Å². The van der Waals surface area contributed by atoms with E-state index in [-0.39, 0.29) is 7.21 Å². The fourth-order valence-electron chi connectivity index (χ4n) is 0.441. The van der Waals surface area contributed by atoms with Gasteiger partial charge < -0.3 is 5.32 Å². The number of hydrogen-bond donors (Lipinski definition) is 1. The van der Waals surface area contributed by atoms with Crippen molar-refractivity contribution in [2.45, 2.75) is 20.3 Å². The second kappa shape index (κ2) is 4.78. The smallest absolute Gasteiger partial charge is 0.131 e. The zero-order chi connectivity index (χ0) is 6.41. The lowest BCUT2D eigenvalue weighted by molar-refractivity contribution is -0.116. The Hall–Kier alpha value is -0.370. The normalized spacial score (nSPS) is 9.25. The number of hydrogen-bond acceptors (Lipinski definition) is 2. The number of nitrogens with one attached hydrogen (secondary N) is 1. The molecule has 0 bridgehead atoms. The molecule has 0 unspecified atom stereocenters. The van der Waals surface area contributed by atoms with Gasteiger partial charge in [-0.05, 0) is 13.5 Å². The van der Waals surface area contributed by atoms with Crippen LogP contribution in [0.2, 0.25) is 0 Å². The summed E-state index contributed by atoms with van der Waals surface area (Å²) in [7, 11) is 0. The molecule has 0 aliphatic rings. The van der Waals surface area contributed by atoms with E-state index in [4.69, 9.17) is 0 Å². The zero-order valence-electron chi connectivity index (χ0n) is 5.53. The molecule has 2 nitrogen and oxygen atoms in total. The van der Waals surface area contributed by atoms with Crippen LogP contribution in [0.5, 0.6) is 0 Å².